The largest absolute Gasteiger partial charge is 0.513 e. The van der Waals surface area contributed by atoms with E-state index in [2.05, 4.69) is 10.6 Å². The van der Waals surface area contributed by atoms with Crippen LogP contribution in [-0.4, -0.2) is 41.9 Å². The molecule has 1 heterocycles. The van der Waals surface area contributed by atoms with Gasteiger partial charge in [0.2, 0.25) is 11.8 Å². The molecule has 2 N–H and O–H groups in total. The molecule has 9 heteroatoms. The van der Waals surface area contributed by atoms with Gasteiger partial charge in [-0.05, 0) is 61.4 Å². The maximum atomic E-state index is 12.9. The molecule has 4 rings (SSSR count). The Hall–Kier alpha value is -4.66. The molecule has 2 atom stereocenters. The van der Waals surface area contributed by atoms with E-state index in [0.717, 1.165) is 11.1 Å². The Morgan fingerprint density at radius 3 is 2.33 bits per heavy atom. The summed E-state index contributed by atoms with van der Waals surface area (Å²) in [7, 11) is 0. The molecule has 0 spiro atoms. The first-order chi connectivity index (χ1) is 18.8. The summed E-state index contributed by atoms with van der Waals surface area (Å²) < 4.78 is 9.71. The van der Waals surface area contributed by atoms with Crippen LogP contribution in [-0.2, 0) is 20.9 Å². The van der Waals surface area contributed by atoms with Gasteiger partial charge in [0.05, 0.1) is 18.6 Å². The summed E-state index contributed by atoms with van der Waals surface area (Å²) in [5.74, 6) is -0.642. The molecule has 1 saturated heterocycles. The number of hydrogen-bond donors (Lipinski definition) is 2. The fourth-order valence-electron chi connectivity index (χ4n) is 4.35. The Morgan fingerprint density at radius 1 is 0.974 bits per heavy atom. The number of ether oxygens (including phenoxy) is 2. The minimum absolute atomic E-state index is 0.0289. The van der Waals surface area contributed by atoms with Crippen LogP contribution in [0.3, 0.4) is 0 Å². The second-order valence-corrected chi connectivity index (χ2v) is 9.21. The van der Waals surface area contributed by atoms with Gasteiger partial charge in [-0.3, -0.25) is 14.4 Å². The molecule has 9 nitrogen and oxygen atoms in total. The summed E-state index contributed by atoms with van der Waals surface area (Å²) in [6.45, 7) is 4.53. The zero-order chi connectivity index (χ0) is 27.8. The molecular formula is C30H31N3O6. The number of nitrogens with zero attached hydrogens (tertiary/aromatic N) is 1. The molecular weight excluding hydrogens is 498 g/mol. The second kappa shape index (κ2) is 12.7. The van der Waals surface area contributed by atoms with Crippen molar-refractivity contribution in [2.24, 2.45) is 5.92 Å². The Labute approximate surface area is 227 Å². The highest BCUT2D eigenvalue weighted by molar-refractivity contribution is 5.97. The van der Waals surface area contributed by atoms with Crippen molar-refractivity contribution in [3.8, 4) is 5.75 Å². The van der Waals surface area contributed by atoms with E-state index in [-0.39, 0.29) is 49.1 Å². The zero-order valence-electron chi connectivity index (χ0n) is 21.9. The summed E-state index contributed by atoms with van der Waals surface area (Å²) in [6, 6.07) is 23.0. The monoisotopic (exact) mass is 529 g/mol. The van der Waals surface area contributed by atoms with Crippen LogP contribution in [0.25, 0.3) is 0 Å². The minimum Gasteiger partial charge on any atom is -0.434 e. The number of benzene rings is 3. The van der Waals surface area contributed by atoms with Crippen LogP contribution in [0.5, 0.6) is 5.75 Å². The van der Waals surface area contributed by atoms with Crippen molar-refractivity contribution in [3.05, 3.63) is 95.6 Å². The van der Waals surface area contributed by atoms with Gasteiger partial charge < -0.3 is 25.0 Å². The van der Waals surface area contributed by atoms with Gasteiger partial charge in [-0.2, -0.15) is 0 Å². The van der Waals surface area contributed by atoms with E-state index in [0.29, 0.717) is 17.8 Å². The van der Waals surface area contributed by atoms with Crippen LogP contribution in [0.1, 0.15) is 47.8 Å². The van der Waals surface area contributed by atoms with Crippen LogP contribution >= 0.6 is 0 Å². The minimum atomic E-state index is -0.800. The Bertz CT molecular complexity index is 1310. The van der Waals surface area contributed by atoms with Crippen LogP contribution < -0.4 is 15.4 Å². The Kier molecular flexibility index (Phi) is 8.94. The average Bonchev–Trinajstić information content (AvgIpc) is 3.34. The molecule has 3 aromatic carbocycles. The highest BCUT2D eigenvalue weighted by Gasteiger charge is 2.37. The predicted octanol–water partition coefficient (Wildman–Crippen LogP) is 4.70. The number of carbonyl (C=O) groups is 4. The highest BCUT2D eigenvalue weighted by atomic mass is 16.7. The number of hydrogen-bond acceptors (Lipinski definition) is 6. The predicted molar refractivity (Wildman–Crippen MR) is 145 cm³/mol. The molecule has 202 valence electrons. The summed E-state index contributed by atoms with van der Waals surface area (Å²) in [5.41, 5.74) is 2.92. The second-order valence-electron chi connectivity index (χ2n) is 9.21. The van der Waals surface area contributed by atoms with E-state index in [9.17, 15) is 19.2 Å². The molecule has 3 amide bonds. The third-order valence-electron chi connectivity index (χ3n) is 6.53. The fourth-order valence-corrected chi connectivity index (χ4v) is 4.35. The summed E-state index contributed by atoms with van der Waals surface area (Å²) >= 11 is 0. The molecule has 39 heavy (non-hydrogen) atoms. The van der Waals surface area contributed by atoms with Crippen molar-refractivity contribution in [3.63, 3.8) is 0 Å². The maximum absolute atomic E-state index is 12.9. The van der Waals surface area contributed by atoms with E-state index in [1.807, 2.05) is 49.4 Å². The molecule has 1 fully saturated rings. The maximum Gasteiger partial charge on any atom is 0.513 e. The Morgan fingerprint density at radius 2 is 1.67 bits per heavy atom. The zero-order valence-corrected chi connectivity index (χ0v) is 21.9. The van der Waals surface area contributed by atoms with Crippen molar-refractivity contribution in [1.29, 1.82) is 0 Å². The van der Waals surface area contributed by atoms with Crippen molar-refractivity contribution in [1.82, 2.24) is 10.2 Å². The van der Waals surface area contributed by atoms with E-state index >= 15 is 0 Å². The lowest BCUT2D eigenvalue weighted by Gasteiger charge is -2.25. The molecule has 1 aliphatic rings. The lowest BCUT2D eigenvalue weighted by molar-refractivity contribution is -0.129. The summed E-state index contributed by atoms with van der Waals surface area (Å²) in [4.78, 5) is 51.1. The number of nitrogens with one attached hydrogen (secondary N) is 2. The SMILES string of the molecule is CCOC(=O)Oc1ccc(C(=O)NCc2ccc(NC(=O)C3CC(=O)N(C(C)c4ccccc4)C3)cc2)cc1. The molecule has 3 aromatic rings. The van der Waals surface area contributed by atoms with E-state index in [1.54, 1.807) is 36.1 Å². The lowest BCUT2D eigenvalue weighted by atomic mass is 10.1. The smallest absolute Gasteiger partial charge is 0.434 e. The van der Waals surface area contributed by atoms with Gasteiger partial charge in [0.15, 0.2) is 0 Å². The number of rotatable bonds is 9. The molecule has 0 radical (unpaired) electrons. The first kappa shape index (κ1) is 27.4. The molecule has 0 saturated carbocycles. The van der Waals surface area contributed by atoms with E-state index < -0.39 is 12.1 Å². The van der Waals surface area contributed by atoms with Crippen molar-refractivity contribution < 1.29 is 28.7 Å². The molecule has 1 aliphatic heterocycles. The number of amides is 3. The van der Waals surface area contributed by atoms with Crippen LogP contribution in [0.2, 0.25) is 0 Å². The number of anilines is 1. The molecule has 0 aliphatic carbocycles. The van der Waals surface area contributed by atoms with Gasteiger partial charge in [-0.1, -0.05) is 42.5 Å². The van der Waals surface area contributed by atoms with Crippen LogP contribution in [0, 0.1) is 5.92 Å². The van der Waals surface area contributed by atoms with Gasteiger partial charge in [-0.25, -0.2) is 4.79 Å². The normalized spacial score (nSPS) is 15.4. The van der Waals surface area contributed by atoms with Gasteiger partial charge in [0.25, 0.3) is 5.91 Å². The van der Waals surface area contributed by atoms with Gasteiger partial charge >= 0.3 is 6.16 Å². The van der Waals surface area contributed by atoms with Crippen LogP contribution in [0.15, 0.2) is 78.9 Å². The van der Waals surface area contributed by atoms with Crippen molar-refractivity contribution in [2.75, 3.05) is 18.5 Å². The topological polar surface area (TPSA) is 114 Å². The third-order valence-corrected chi connectivity index (χ3v) is 6.53. The van der Waals surface area contributed by atoms with Gasteiger partial charge in [0, 0.05) is 30.8 Å². The number of carbonyl (C=O) groups excluding carboxylic acids is 4. The first-order valence-corrected chi connectivity index (χ1v) is 12.8. The van der Waals surface area contributed by atoms with Crippen LogP contribution in [0.4, 0.5) is 10.5 Å². The Balaban J connectivity index is 1.25. The van der Waals surface area contributed by atoms with E-state index in [1.165, 1.54) is 12.1 Å². The fraction of sp³-hybridized carbons (Fsp3) is 0.267. The quantitative estimate of drug-likeness (QED) is 0.307. The highest BCUT2D eigenvalue weighted by Crippen LogP contribution is 2.29. The number of likely N-dealkylation sites (tertiary alicyclic amines) is 1. The standard InChI is InChI=1S/C30H31N3O6/c1-3-38-30(37)39-26-15-11-23(12-16-26)28(35)31-18-21-9-13-25(14-10-21)32-29(36)24-17-27(34)33(19-24)20(2)22-7-5-4-6-8-22/h4-16,20,24H,3,17-19H2,1-2H3,(H,31,35)(H,32,36). The molecule has 0 aromatic heterocycles. The van der Waals surface area contributed by atoms with E-state index in [4.69, 9.17) is 9.47 Å². The first-order valence-electron chi connectivity index (χ1n) is 12.8. The van der Waals surface area contributed by atoms with Crippen molar-refractivity contribution >= 4 is 29.6 Å². The average molecular weight is 530 g/mol. The summed E-state index contributed by atoms with van der Waals surface area (Å²) in [5, 5.41) is 5.73. The third kappa shape index (κ3) is 7.22. The summed E-state index contributed by atoms with van der Waals surface area (Å²) in [6.07, 6.45) is -0.617. The van der Waals surface area contributed by atoms with Crippen molar-refractivity contribution in [2.45, 2.75) is 32.9 Å². The molecule has 2 unspecified atom stereocenters. The van der Waals surface area contributed by atoms with Gasteiger partial charge in [-0.15, -0.1) is 0 Å². The lowest BCUT2D eigenvalue weighted by Crippen LogP contribution is -2.30. The van der Waals surface area contributed by atoms with Gasteiger partial charge in [0.1, 0.15) is 5.75 Å². The molecule has 0 bridgehead atoms.